The third-order valence-electron chi connectivity index (χ3n) is 6.08. The average molecular weight is 483 g/mol. The molecule has 0 aliphatic carbocycles. The fourth-order valence-electron chi connectivity index (χ4n) is 4.35. The van der Waals surface area contributed by atoms with Gasteiger partial charge in [0.1, 0.15) is 5.01 Å². The molecule has 1 aromatic carbocycles. The average Bonchev–Trinajstić information content (AvgIpc) is 3.49. The van der Waals surface area contributed by atoms with Crippen LogP contribution in [0.2, 0.25) is 0 Å². The fraction of sp³-hybridized carbons (Fsp3) is 0.440. The predicted molar refractivity (Wildman–Crippen MR) is 129 cm³/mol. The number of likely N-dealkylation sites (tertiary alicyclic amines) is 1. The molecule has 0 bridgehead atoms. The lowest BCUT2D eigenvalue weighted by Crippen LogP contribution is -2.51. The highest BCUT2D eigenvalue weighted by molar-refractivity contribution is 7.09. The van der Waals surface area contributed by atoms with Crippen LogP contribution in [0.3, 0.4) is 0 Å². The number of nitrogens with zero attached hydrogens (tertiary/aromatic N) is 3. The standard InChI is InChI=1S/C25H30N4O4S/c1-16-19(5-4-10-29(16)24(31)21-12-26-15-33-21)23(30)27-13-22-28-20(14-34-22)18-8-6-17(7-9-18)11-25(2,3)32/h6-9,12,14-16,19,32H,4-5,10-11,13H2,1-3H3,(H,27,30)/t16-,19-/m0/s1. The summed E-state index contributed by atoms with van der Waals surface area (Å²) in [6.07, 6.45) is 4.71. The van der Waals surface area contributed by atoms with Gasteiger partial charge in [-0.25, -0.2) is 9.97 Å². The summed E-state index contributed by atoms with van der Waals surface area (Å²) in [6, 6.07) is 7.78. The van der Waals surface area contributed by atoms with E-state index in [1.54, 1.807) is 18.7 Å². The van der Waals surface area contributed by atoms with Crippen LogP contribution in [0.15, 0.2) is 46.7 Å². The van der Waals surface area contributed by atoms with E-state index >= 15 is 0 Å². The van der Waals surface area contributed by atoms with Gasteiger partial charge in [0.05, 0.1) is 30.0 Å². The third-order valence-corrected chi connectivity index (χ3v) is 6.93. The first kappa shape index (κ1) is 24.1. The molecule has 1 aliphatic heterocycles. The molecule has 1 aliphatic rings. The highest BCUT2D eigenvalue weighted by Crippen LogP contribution is 2.27. The molecule has 3 aromatic rings. The lowest BCUT2D eigenvalue weighted by atomic mass is 9.89. The monoisotopic (exact) mass is 482 g/mol. The molecule has 1 fully saturated rings. The molecule has 0 spiro atoms. The van der Waals surface area contributed by atoms with Crippen molar-refractivity contribution in [1.29, 1.82) is 0 Å². The number of nitrogens with one attached hydrogen (secondary N) is 1. The molecule has 180 valence electrons. The van der Waals surface area contributed by atoms with Crippen LogP contribution in [0.5, 0.6) is 0 Å². The third kappa shape index (κ3) is 5.71. The Bertz CT molecular complexity index is 1120. The molecule has 1 saturated heterocycles. The Hall–Kier alpha value is -3.04. The Morgan fingerprint density at radius 2 is 2.06 bits per heavy atom. The number of piperidine rings is 1. The first-order valence-electron chi connectivity index (χ1n) is 11.4. The molecular weight excluding hydrogens is 452 g/mol. The molecular formula is C25H30N4O4S. The minimum atomic E-state index is -0.746. The lowest BCUT2D eigenvalue weighted by Gasteiger charge is -2.38. The number of hydrogen-bond acceptors (Lipinski definition) is 7. The summed E-state index contributed by atoms with van der Waals surface area (Å²) in [6.45, 7) is 6.43. The molecule has 8 nitrogen and oxygen atoms in total. The van der Waals surface area contributed by atoms with Crippen molar-refractivity contribution in [3.8, 4) is 11.3 Å². The largest absolute Gasteiger partial charge is 0.438 e. The minimum absolute atomic E-state index is 0.0738. The van der Waals surface area contributed by atoms with Crippen LogP contribution in [0.25, 0.3) is 11.3 Å². The number of carbonyl (C=O) groups is 2. The smallest absolute Gasteiger partial charge is 0.291 e. The summed E-state index contributed by atoms with van der Waals surface area (Å²) in [5, 5.41) is 15.8. The zero-order chi connectivity index (χ0) is 24.3. The lowest BCUT2D eigenvalue weighted by molar-refractivity contribution is -0.128. The van der Waals surface area contributed by atoms with Gasteiger partial charge in [-0.2, -0.15) is 0 Å². The minimum Gasteiger partial charge on any atom is -0.438 e. The normalized spacial score (nSPS) is 18.6. The molecule has 3 heterocycles. The first-order chi connectivity index (χ1) is 16.2. The van der Waals surface area contributed by atoms with Crippen LogP contribution in [-0.2, 0) is 17.8 Å². The zero-order valence-electron chi connectivity index (χ0n) is 19.7. The molecule has 0 saturated carbocycles. The van der Waals surface area contributed by atoms with E-state index in [-0.39, 0.29) is 29.5 Å². The quantitative estimate of drug-likeness (QED) is 0.532. The van der Waals surface area contributed by atoms with Crippen LogP contribution in [0, 0.1) is 5.92 Å². The van der Waals surface area contributed by atoms with Crippen LogP contribution in [0.1, 0.15) is 54.7 Å². The van der Waals surface area contributed by atoms with Gasteiger partial charge in [-0.3, -0.25) is 9.59 Å². The first-order valence-corrected chi connectivity index (χ1v) is 12.3. The number of carbonyl (C=O) groups excluding carboxylic acids is 2. The van der Waals surface area contributed by atoms with Gasteiger partial charge in [-0.05, 0) is 39.2 Å². The molecule has 0 radical (unpaired) electrons. The van der Waals surface area contributed by atoms with E-state index in [9.17, 15) is 14.7 Å². The molecule has 0 unspecified atom stereocenters. The second kappa shape index (κ2) is 10.1. The summed E-state index contributed by atoms with van der Waals surface area (Å²) in [7, 11) is 0. The van der Waals surface area contributed by atoms with E-state index in [4.69, 9.17) is 4.42 Å². The number of aliphatic hydroxyl groups is 1. The Kier molecular flexibility index (Phi) is 7.13. The number of hydrogen-bond donors (Lipinski definition) is 2. The van der Waals surface area contributed by atoms with Crippen molar-refractivity contribution < 1.29 is 19.1 Å². The Labute approximate surface area is 203 Å². The summed E-state index contributed by atoms with van der Waals surface area (Å²) in [4.78, 5) is 35.8. The van der Waals surface area contributed by atoms with Crippen LogP contribution < -0.4 is 5.32 Å². The number of benzene rings is 1. The second-order valence-electron chi connectivity index (χ2n) is 9.38. The molecule has 2 amide bonds. The Morgan fingerprint density at radius 3 is 2.74 bits per heavy atom. The number of aromatic nitrogens is 2. The van der Waals surface area contributed by atoms with Gasteiger partial charge in [0.25, 0.3) is 5.91 Å². The van der Waals surface area contributed by atoms with Crippen LogP contribution in [0.4, 0.5) is 0 Å². The molecule has 2 atom stereocenters. The maximum absolute atomic E-state index is 12.9. The van der Waals surface area contributed by atoms with Crippen molar-refractivity contribution in [2.24, 2.45) is 5.92 Å². The van der Waals surface area contributed by atoms with Gasteiger partial charge in [-0.1, -0.05) is 24.3 Å². The van der Waals surface area contributed by atoms with Crippen molar-refractivity contribution in [3.05, 3.63) is 58.6 Å². The van der Waals surface area contributed by atoms with Crippen molar-refractivity contribution in [1.82, 2.24) is 20.2 Å². The van der Waals surface area contributed by atoms with Gasteiger partial charge in [-0.15, -0.1) is 11.3 Å². The van der Waals surface area contributed by atoms with Crippen molar-refractivity contribution in [2.45, 2.75) is 58.2 Å². The van der Waals surface area contributed by atoms with E-state index in [1.165, 1.54) is 23.9 Å². The molecule has 2 N–H and O–H groups in total. The van der Waals surface area contributed by atoms with Gasteiger partial charge in [0.2, 0.25) is 11.7 Å². The summed E-state index contributed by atoms with van der Waals surface area (Å²) < 4.78 is 5.14. The van der Waals surface area contributed by atoms with E-state index < -0.39 is 5.60 Å². The molecule has 2 aromatic heterocycles. The SMILES string of the molecule is C[C@H]1[C@@H](C(=O)NCc2nc(-c3ccc(CC(C)(C)O)cc3)cs2)CCCN1C(=O)c1cnco1. The van der Waals surface area contributed by atoms with Gasteiger partial charge in [0.15, 0.2) is 6.39 Å². The maximum atomic E-state index is 12.9. The van der Waals surface area contributed by atoms with Gasteiger partial charge >= 0.3 is 0 Å². The highest BCUT2D eigenvalue weighted by atomic mass is 32.1. The highest BCUT2D eigenvalue weighted by Gasteiger charge is 2.36. The van der Waals surface area contributed by atoms with E-state index in [0.717, 1.165) is 34.7 Å². The van der Waals surface area contributed by atoms with E-state index in [1.807, 2.05) is 36.6 Å². The zero-order valence-corrected chi connectivity index (χ0v) is 20.5. The number of thiazole rings is 1. The van der Waals surface area contributed by atoms with E-state index in [0.29, 0.717) is 19.5 Å². The number of amides is 2. The summed E-state index contributed by atoms with van der Waals surface area (Å²) in [5.74, 6) is -0.407. The van der Waals surface area contributed by atoms with Gasteiger partial charge in [0, 0.05) is 30.0 Å². The van der Waals surface area contributed by atoms with E-state index in [2.05, 4.69) is 15.3 Å². The Morgan fingerprint density at radius 1 is 1.29 bits per heavy atom. The van der Waals surface area contributed by atoms with Gasteiger partial charge < -0.3 is 19.7 Å². The summed E-state index contributed by atoms with van der Waals surface area (Å²) in [5.41, 5.74) is 2.18. The van der Waals surface area contributed by atoms with Crippen LogP contribution in [-0.4, -0.2) is 50.0 Å². The summed E-state index contributed by atoms with van der Waals surface area (Å²) >= 11 is 1.50. The van der Waals surface area contributed by atoms with Crippen molar-refractivity contribution >= 4 is 23.2 Å². The van der Waals surface area contributed by atoms with Crippen molar-refractivity contribution in [3.63, 3.8) is 0 Å². The molecule has 34 heavy (non-hydrogen) atoms. The molecule has 4 rings (SSSR count). The molecule has 9 heteroatoms. The number of rotatable bonds is 7. The second-order valence-corrected chi connectivity index (χ2v) is 10.3. The Balaban J connectivity index is 1.34. The topological polar surface area (TPSA) is 109 Å². The predicted octanol–water partition coefficient (Wildman–Crippen LogP) is 3.67. The fourth-order valence-corrected chi connectivity index (χ4v) is 5.10. The number of oxazole rings is 1. The van der Waals surface area contributed by atoms with Crippen molar-refractivity contribution in [2.75, 3.05) is 6.54 Å². The maximum Gasteiger partial charge on any atom is 0.291 e. The van der Waals surface area contributed by atoms with Crippen LogP contribution >= 0.6 is 11.3 Å².